The second-order valence-corrected chi connectivity index (χ2v) is 6.97. The summed E-state index contributed by atoms with van der Waals surface area (Å²) in [5.41, 5.74) is 0.469. The van der Waals surface area contributed by atoms with Gasteiger partial charge >= 0.3 is 0 Å². The minimum Gasteiger partial charge on any atom is -0.316 e. The van der Waals surface area contributed by atoms with Crippen LogP contribution in [0.3, 0.4) is 0 Å². The van der Waals surface area contributed by atoms with Gasteiger partial charge in [-0.1, -0.05) is 20.8 Å². The van der Waals surface area contributed by atoms with Crippen molar-refractivity contribution < 1.29 is 0 Å². The summed E-state index contributed by atoms with van der Waals surface area (Å²) in [4.78, 5) is 2.63. The number of nitrogens with one attached hydrogen (secondary N) is 1. The normalized spacial score (nSPS) is 20.8. The smallest absolute Gasteiger partial charge is 0.0191 e. The highest BCUT2D eigenvalue weighted by Gasteiger charge is 2.30. The van der Waals surface area contributed by atoms with E-state index in [2.05, 4.69) is 49.8 Å². The lowest BCUT2D eigenvalue weighted by molar-refractivity contribution is 0.130. The van der Waals surface area contributed by atoms with E-state index in [1.165, 1.54) is 50.3 Å². The molecule has 0 radical (unpaired) electrons. The summed E-state index contributed by atoms with van der Waals surface area (Å²) in [6, 6.07) is 0.818. The maximum Gasteiger partial charge on any atom is 0.0191 e. The number of nitrogens with zero attached hydrogens (tertiary/aromatic N) is 1. The molecule has 1 heterocycles. The lowest BCUT2D eigenvalue weighted by atomic mass is 9.81. The average Bonchev–Trinajstić information content (AvgIpc) is 2.91. The van der Waals surface area contributed by atoms with E-state index in [0.29, 0.717) is 5.41 Å². The Kier molecular flexibility index (Phi) is 7.66. The first kappa shape index (κ1) is 16.3. The van der Waals surface area contributed by atoms with Crippen LogP contribution in [0.1, 0.15) is 46.5 Å². The first-order chi connectivity index (χ1) is 8.67. The van der Waals surface area contributed by atoms with Crippen molar-refractivity contribution in [3.8, 4) is 0 Å². The van der Waals surface area contributed by atoms with Gasteiger partial charge in [0.05, 0.1) is 0 Å². The molecule has 0 aromatic heterocycles. The lowest BCUT2D eigenvalue weighted by Crippen LogP contribution is -2.45. The molecule has 1 fully saturated rings. The Balaban J connectivity index is 2.48. The van der Waals surface area contributed by atoms with Crippen molar-refractivity contribution in [2.24, 2.45) is 5.41 Å². The summed E-state index contributed by atoms with van der Waals surface area (Å²) in [7, 11) is 2.33. The molecule has 18 heavy (non-hydrogen) atoms. The second kappa shape index (κ2) is 8.44. The Labute approximate surface area is 118 Å². The van der Waals surface area contributed by atoms with Crippen LogP contribution in [0.25, 0.3) is 0 Å². The van der Waals surface area contributed by atoms with E-state index in [0.717, 1.165) is 12.6 Å². The molecule has 0 aromatic rings. The highest BCUT2D eigenvalue weighted by molar-refractivity contribution is 7.99. The molecule has 0 saturated carbocycles. The molecule has 1 aliphatic rings. The number of hydrogen-bond donors (Lipinski definition) is 1. The Hall–Kier alpha value is 0.270. The van der Waals surface area contributed by atoms with Gasteiger partial charge in [-0.2, -0.15) is 11.8 Å². The Morgan fingerprint density at radius 3 is 2.50 bits per heavy atom. The van der Waals surface area contributed by atoms with E-state index < -0.39 is 0 Å². The van der Waals surface area contributed by atoms with Crippen LogP contribution in [0.5, 0.6) is 0 Å². The van der Waals surface area contributed by atoms with Crippen LogP contribution in [-0.2, 0) is 0 Å². The topological polar surface area (TPSA) is 15.3 Å². The van der Waals surface area contributed by atoms with Crippen LogP contribution >= 0.6 is 11.8 Å². The molecule has 2 nitrogen and oxygen atoms in total. The Bertz CT molecular complexity index is 211. The van der Waals surface area contributed by atoms with Gasteiger partial charge in [0.25, 0.3) is 0 Å². The molecule has 0 aliphatic carbocycles. The van der Waals surface area contributed by atoms with Crippen molar-refractivity contribution in [1.82, 2.24) is 10.2 Å². The number of thioether (sulfide) groups is 1. The van der Waals surface area contributed by atoms with Crippen LogP contribution in [0.2, 0.25) is 0 Å². The van der Waals surface area contributed by atoms with E-state index in [4.69, 9.17) is 0 Å². The fourth-order valence-corrected chi connectivity index (χ4v) is 4.14. The Morgan fingerprint density at radius 2 is 2.00 bits per heavy atom. The zero-order valence-corrected chi connectivity index (χ0v) is 13.6. The zero-order valence-electron chi connectivity index (χ0n) is 12.8. The molecule has 1 atom stereocenters. The standard InChI is InChI=1S/C15H32N2S/c1-5-9-16-12-15(6-2,7-3)13-17(4)14-8-10-18-11-14/h14,16H,5-13H2,1-4H3. The van der Waals surface area contributed by atoms with Crippen LogP contribution in [0.4, 0.5) is 0 Å². The highest BCUT2D eigenvalue weighted by atomic mass is 32.2. The van der Waals surface area contributed by atoms with E-state index in [9.17, 15) is 0 Å². The Morgan fingerprint density at radius 1 is 1.28 bits per heavy atom. The van der Waals surface area contributed by atoms with Crippen molar-refractivity contribution in [2.75, 3.05) is 38.2 Å². The highest BCUT2D eigenvalue weighted by Crippen LogP contribution is 2.30. The van der Waals surface area contributed by atoms with Gasteiger partial charge < -0.3 is 10.2 Å². The molecule has 0 amide bonds. The van der Waals surface area contributed by atoms with Crippen molar-refractivity contribution >= 4 is 11.8 Å². The average molecular weight is 273 g/mol. The lowest BCUT2D eigenvalue weighted by Gasteiger charge is -2.38. The molecule has 1 saturated heterocycles. The number of hydrogen-bond acceptors (Lipinski definition) is 3. The van der Waals surface area contributed by atoms with Crippen LogP contribution < -0.4 is 5.32 Å². The molecular weight excluding hydrogens is 240 g/mol. The molecule has 1 N–H and O–H groups in total. The van der Waals surface area contributed by atoms with Crippen molar-refractivity contribution in [2.45, 2.75) is 52.5 Å². The third-order valence-corrected chi connectivity index (χ3v) is 5.69. The van der Waals surface area contributed by atoms with E-state index >= 15 is 0 Å². The number of rotatable bonds is 9. The van der Waals surface area contributed by atoms with Crippen molar-refractivity contribution in [3.63, 3.8) is 0 Å². The quantitative estimate of drug-likeness (QED) is 0.649. The molecule has 0 bridgehead atoms. The van der Waals surface area contributed by atoms with Crippen LogP contribution in [0, 0.1) is 5.41 Å². The summed E-state index contributed by atoms with van der Waals surface area (Å²) >= 11 is 2.12. The predicted molar refractivity (Wildman–Crippen MR) is 84.5 cm³/mol. The minimum absolute atomic E-state index is 0.469. The predicted octanol–water partition coefficient (Wildman–Crippen LogP) is 3.23. The van der Waals surface area contributed by atoms with Crippen molar-refractivity contribution in [1.29, 1.82) is 0 Å². The van der Waals surface area contributed by atoms with Gasteiger partial charge in [-0.05, 0) is 50.4 Å². The molecule has 108 valence electrons. The first-order valence-corrected chi connectivity index (χ1v) is 8.81. The largest absolute Gasteiger partial charge is 0.316 e. The monoisotopic (exact) mass is 272 g/mol. The summed E-state index contributed by atoms with van der Waals surface area (Å²) in [5, 5.41) is 3.64. The summed E-state index contributed by atoms with van der Waals surface area (Å²) in [6.07, 6.45) is 5.18. The van der Waals surface area contributed by atoms with E-state index in [1.54, 1.807) is 0 Å². The van der Waals surface area contributed by atoms with Crippen LogP contribution in [0.15, 0.2) is 0 Å². The summed E-state index contributed by atoms with van der Waals surface area (Å²) in [6.45, 7) is 10.5. The van der Waals surface area contributed by atoms with E-state index in [1.807, 2.05) is 0 Å². The maximum absolute atomic E-state index is 3.64. The summed E-state index contributed by atoms with van der Waals surface area (Å²) in [5.74, 6) is 2.69. The maximum atomic E-state index is 3.64. The molecule has 0 spiro atoms. The van der Waals surface area contributed by atoms with Crippen molar-refractivity contribution in [3.05, 3.63) is 0 Å². The SMILES string of the molecule is CCCNCC(CC)(CC)CN(C)C1CCSC1. The third-order valence-electron chi connectivity index (χ3n) is 4.54. The third kappa shape index (κ3) is 4.75. The van der Waals surface area contributed by atoms with Crippen LogP contribution in [-0.4, -0.2) is 49.1 Å². The fraction of sp³-hybridized carbons (Fsp3) is 1.00. The molecule has 1 unspecified atom stereocenters. The molecule has 1 rings (SSSR count). The minimum atomic E-state index is 0.469. The first-order valence-electron chi connectivity index (χ1n) is 7.66. The summed E-state index contributed by atoms with van der Waals surface area (Å²) < 4.78 is 0. The van der Waals surface area contributed by atoms with Gasteiger partial charge in [0.2, 0.25) is 0 Å². The van der Waals surface area contributed by atoms with Gasteiger partial charge in [-0.15, -0.1) is 0 Å². The van der Waals surface area contributed by atoms with Gasteiger partial charge in [-0.25, -0.2) is 0 Å². The van der Waals surface area contributed by atoms with Gasteiger partial charge in [0, 0.05) is 24.9 Å². The second-order valence-electron chi connectivity index (χ2n) is 5.82. The van der Waals surface area contributed by atoms with Gasteiger partial charge in [-0.3, -0.25) is 0 Å². The van der Waals surface area contributed by atoms with Gasteiger partial charge in [0.1, 0.15) is 0 Å². The molecule has 3 heteroatoms. The molecular formula is C15H32N2S. The zero-order chi connectivity index (χ0) is 13.4. The van der Waals surface area contributed by atoms with Gasteiger partial charge in [0.15, 0.2) is 0 Å². The van der Waals surface area contributed by atoms with E-state index in [-0.39, 0.29) is 0 Å². The molecule has 1 aliphatic heterocycles. The fourth-order valence-electron chi connectivity index (χ4n) is 2.84. The molecule has 0 aromatic carbocycles.